The molecule has 0 aliphatic rings. The zero-order chi connectivity index (χ0) is 14.0. The van der Waals surface area contributed by atoms with E-state index in [0.29, 0.717) is 12.8 Å². The molecule has 1 N–H and O–H groups in total. The van der Waals surface area contributed by atoms with Gasteiger partial charge in [0.05, 0.1) is 22.9 Å². The molecular formula is C15H22N2O2. The highest BCUT2D eigenvalue weighted by Gasteiger charge is 2.23. The Morgan fingerprint density at radius 1 is 1.37 bits per heavy atom. The Morgan fingerprint density at radius 3 is 2.74 bits per heavy atom. The van der Waals surface area contributed by atoms with Crippen molar-refractivity contribution in [3.63, 3.8) is 0 Å². The fourth-order valence-electron chi connectivity index (χ4n) is 2.39. The third kappa shape index (κ3) is 3.14. The van der Waals surface area contributed by atoms with Crippen LogP contribution in [0.5, 0.6) is 0 Å². The lowest BCUT2D eigenvalue weighted by molar-refractivity contribution is -0.0192. The first-order valence-electron chi connectivity index (χ1n) is 6.57. The maximum absolute atomic E-state index is 10.2. The van der Waals surface area contributed by atoms with Crippen molar-refractivity contribution in [3.05, 3.63) is 30.0 Å². The topological polar surface area (TPSA) is 47.3 Å². The van der Waals surface area contributed by atoms with Crippen molar-refractivity contribution in [3.8, 4) is 0 Å². The molecule has 0 aliphatic heterocycles. The van der Waals surface area contributed by atoms with E-state index in [-0.39, 0.29) is 5.60 Å². The van der Waals surface area contributed by atoms with E-state index < -0.39 is 6.10 Å². The van der Waals surface area contributed by atoms with Crippen LogP contribution in [0.4, 0.5) is 0 Å². The maximum Gasteiger partial charge on any atom is 0.0728 e. The monoisotopic (exact) mass is 262 g/mol. The minimum Gasteiger partial charge on any atom is -0.393 e. The summed E-state index contributed by atoms with van der Waals surface area (Å²) in [5, 5.41) is 15.8. The lowest BCUT2D eigenvalue weighted by Gasteiger charge is -2.25. The minimum absolute atomic E-state index is 0.315. The zero-order valence-corrected chi connectivity index (χ0v) is 12.1. The number of ether oxygens (including phenoxy) is 1. The number of fused-ring (bicyclic) bond motifs is 1. The van der Waals surface area contributed by atoms with Crippen LogP contribution in [0, 0.1) is 0 Å². The zero-order valence-electron chi connectivity index (χ0n) is 12.1. The summed E-state index contributed by atoms with van der Waals surface area (Å²) in [5.74, 6) is 0. The van der Waals surface area contributed by atoms with Gasteiger partial charge in [0.1, 0.15) is 0 Å². The highest BCUT2D eigenvalue weighted by atomic mass is 16.5. The molecule has 0 saturated carbocycles. The summed E-state index contributed by atoms with van der Waals surface area (Å²) in [6.45, 7) is 3.96. The maximum atomic E-state index is 10.2. The first kappa shape index (κ1) is 14.0. The van der Waals surface area contributed by atoms with Crippen LogP contribution in [0.1, 0.15) is 26.0 Å². The van der Waals surface area contributed by atoms with Crippen molar-refractivity contribution in [2.75, 3.05) is 7.11 Å². The van der Waals surface area contributed by atoms with Crippen LogP contribution in [0.2, 0.25) is 0 Å². The van der Waals surface area contributed by atoms with Gasteiger partial charge in [0.15, 0.2) is 0 Å². The quantitative estimate of drug-likeness (QED) is 0.899. The van der Waals surface area contributed by atoms with Crippen LogP contribution < -0.4 is 0 Å². The number of aliphatic hydroxyl groups excluding tert-OH is 1. The average molecular weight is 262 g/mol. The smallest absolute Gasteiger partial charge is 0.0728 e. The van der Waals surface area contributed by atoms with Crippen molar-refractivity contribution in [2.24, 2.45) is 7.05 Å². The fraction of sp³-hybridized carbons (Fsp3) is 0.533. The first-order chi connectivity index (χ1) is 8.93. The molecule has 0 bridgehead atoms. The molecule has 0 amide bonds. The standard InChI is InChI=1S/C15H22N2O2/c1-15(2,19-4)10-11(18)9-13-12-7-5-6-8-14(12)17(3)16-13/h5-8,11,18H,9-10H2,1-4H3. The number of aliphatic hydroxyl groups is 1. The van der Waals surface area contributed by atoms with Crippen molar-refractivity contribution in [1.29, 1.82) is 0 Å². The fourth-order valence-corrected chi connectivity index (χ4v) is 2.39. The number of methoxy groups -OCH3 is 1. The predicted molar refractivity (Wildman–Crippen MR) is 76.1 cm³/mol. The number of hydrogen-bond donors (Lipinski definition) is 1. The van der Waals surface area contributed by atoms with E-state index in [1.165, 1.54) is 0 Å². The molecule has 1 aromatic heterocycles. The number of rotatable bonds is 5. The molecule has 1 atom stereocenters. The van der Waals surface area contributed by atoms with Gasteiger partial charge in [0.2, 0.25) is 0 Å². The molecule has 1 aromatic carbocycles. The van der Waals surface area contributed by atoms with Crippen LogP contribution in [0.3, 0.4) is 0 Å². The molecule has 0 radical (unpaired) electrons. The van der Waals surface area contributed by atoms with Crippen molar-refractivity contribution in [1.82, 2.24) is 9.78 Å². The van der Waals surface area contributed by atoms with Gasteiger partial charge in [-0.25, -0.2) is 0 Å². The number of hydrogen-bond acceptors (Lipinski definition) is 3. The molecule has 0 spiro atoms. The SMILES string of the molecule is COC(C)(C)CC(O)Cc1nn(C)c2ccccc12. The van der Waals surface area contributed by atoms with Crippen LogP contribution in [-0.2, 0) is 18.2 Å². The molecule has 104 valence electrons. The van der Waals surface area contributed by atoms with E-state index in [2.05, 4.69) is 5.10 Å². The summed E-state index contributed by atoms with van der Waals surface area (Å²) in [4.78, 5) is 0. The summed E-state index contributed by atoms with van der Waals surface area (Å²) in [5.41, 5.74) is 1.72. The van der Waals surface area contributed by atoms with Gasteiger partial charge in [-0.15, -0.1) is 0 Å². The Kier molecular flexibility index (Phi) is 3.92. The number of benzene rings is 1. The second kappa shape index (κ2) is 5.31. The van der Waals surface area contributed by atoms with Crippen LogP contribution >= 0.6 is 0 Å². The van der Waals surface area contributed by atoms with Crippen LogP contribution in [0.15, 0.2) is 24.3 Å². The second-order valence-corrected chi connectivity index (χ2v) is 5.61. The molecule has 4 heteroatoms. The second-order valence-electron chi connectivity index (χ2n) is 5.61. The van der Waals surface area contributed by atoms with E-state index in [4.69, 9.17) is 4.74 Å². The van der Waals surface area contributed by atoms with Crippen molar-refractivity contribution in [2.45, 2.75) is 38.4 Å². The number of para-hydroxylation sites is 1. The van der Waals surface area contributed by atoms with Crippen molar-refractivity contribution >= 4 is 10.9 Å². The molecule has 2 rings (SSSR count). The summed E-state index contributed by atoms with van der Waals surface area (Å²) in [7, 11) is 3.60. The Balaban J connectivity index is 2.18. The first-order valence-corrected chi connectivity index (χ1v) is 6.57. The molecule has 2 aromatic rings. The van der Waals surface area contributed by atoms with Gasteiger partial charge in [0.25, 0.3) is 0 Å². The molecule has 1 unspecified atom stereocenters. The molecular weight excluding hydrogens is 240 g/mol. The van der Waals surface area contributed by atoms with Crippen LogP contribution in [0.25, 0.3) is 10.9 Å². The van der Waals surface area contributed by atoms with Gasteiger partial charge in [-0.05, 0) is 19.9 Å². The number of aryl methyl sites for hydroxylation is 1. The molecule has 4 nitrogen and oxygen atoms in total. The Bertz CT molecular complexity index is 560. The van der Waals surface area contributed by atoms with Gasteiger partial charge in [-0.1, -0.05) is 18.2 Å². The van der Waals surface area contributed by atoms with Crippen LogP contribution in [-0.4, -0.2) is 33.7 Å². The van der Waals surface area contributed by atoms with E-state index in [1.807, 2.05) is 49.8 Å². The third-order valence-electron chi connectivity index (χ3n) is 3.54. The summed E-state index contributed by atoms with van der Waals surface area (Å²) in [6.07, 6.45) is 0.691. The summed E-state index contributed by atoms with van der Waals surface area (Å²) >= 11 is 0. The van der Waals surface area contributed by atoms with E-state index in [9.17, 15) is 5.11 Å². The summed E-state index contributed by atoms with van der Waals surface area (Å²) < 4.78 is 7.21. The highest BCUT2D eigenvalue weighted by Crippen LogP contribution is 2.22. The van der Waals surface area contributed by atoms with Gasteiger partial charge < -0.3 is 9.84 Å². The normalized spacial score (nSPS) is 13.9. The highest BCUT2D eigenvalue weighted by molar-refractivity contribution is 5.81. The Hall–Kier alpha value is -1.39. The Morgan fingerprint density at radius 2 is 2.05 bits per heavy atom. The largest absolute Gasteiger partial charge is 0.393 e. The number of nitrogens with zero attached hydrogens (tertiary/aromatic N) is 2. The molecule has 1 heterocycles. The van der Waals surface area contributed by atoms with E-state index in [0.717, 1.165) is 16.6 Å². The molecule has 0 fully saturated rings. The van der Waals surface area contributed by atoms with Gasteiger partial charge in [-0.3, -0.25) is 4.68 Å². The third-order valence-corrected chi connectivity index (χ3v) is 3.54. The molecule has 0 saturated heterocycles. The van der Waals surface area contributed by atoms with Crippen molar-refractivity contribution < 1.29 is 9.84 Å². The average Bonchev–Trinajstić information content (AvgIpc) is 2.66. The Labute approximate surface area is 114 Å². The number of aromatic nitrogens is 2. The van der Waals surface area contributed by atoms with E-state index >= 15 is 0 Å². The molecule has 0 aliphatic carbocycles. The predicted octanol–water partition coefficient (Wildman–Crippen LogP) is 2.29. The van der Waals surface area contributed by atoms with Gasteiger partial charge >= 0.3 is 0 Å². The minimum atomic E-state index is -0.451. The van der Waals surface area contributed by atoms with E-state index in [1.54, 1.807) is 7.11 Å². The van der Waals surface area contributed by atoms with Gasteiger partial charge in [-0.2, -0.15) is 5.10 Å². The van der Waals surface area contributed by atoms with Gasteiger partial charge in [0, 0.05) is 32.4 Å². The lowest BCUT2D eigenvalue weighted by Crippen LogP contribution is -2.29. The summed E-state index contributed by atoms with van der Waals surface area (Å²) in [6, 6.07) is 8.08. The molecule has 19 heavy (non-hydrogen) atoms. The lowest BCUT2D eigenvalue weighted by atomic mass is 9.97.